The van der Waals surface area contributed by atoms with Gasteiger partial charge < -0.3 is 4.98 Å². The molecule has 0 amide bonds. The number of nitriles is 1. The van der Waals surface area contributed by atoms with E-state index >= 15 is 0 Å². The summed E-state index contributed by atoms with van der Waals surface area (Å²) in [4.78, 5) is 19.2. The van der Waals surface area contributed by atoms with Crippen LogP contribution in [0.5, 0.6) is 0 Å². The van der Waals surface area contributed by atoms with Crippen molar-refractivity contribution < 1.29 is 0 Å². The number of imidazole rings is 1. The molecule has 0 saturated heterocycles. The van der Waals surface area contributed by atoms with Gasteiger partial charge in [0.25, 0.3) is 0 Å². The van der Waals surface area contributed by atoms with Crippen LogP contribution in [-0.2, 0) is 0 Å². The van der Waals surface area contributed by atoms with E-state index in [1.54, 1.807) is 12.4 Å². The number of rotatable bonds is 1. The van der Waals surface area contributed by atoms with E-state index in [4.69, 9.17) is 5.26 Å². The number of hydrogen-bond acceptors (Lipinski definition) is 5. The van der Waals surface area contributed by atoms with Crippen LogP contribution in [0.3, 0.4) is 0 Å². The van der Waals surface area contributed by atoms with Gasteiger partial charge in [-0.2, -0.15) is 10.2 Å². The molecular weight excluding hydrogens is 216 g/mol. The van der Waals surface area contributed by atoms with E-state index in [0.717, 1.165) is 5.56 Å². The predicted molar refractivity (Wildman–Crippen MR) is 59.6 cm³/mol. The van der Waals surface area contributed by atoms with Crippen molar-refractivity contribution in [3.63, 3.8) is 0 Å². The SMILES string of the molecule is N#Cc1ncc2nc(-c3ccncc3)[nH]c2n1. The first-order valence-electron chi connectivity index (χ1n) is 4.90. The summed E-state index contributed by atoms with van der Waals surface area (Å²) >= 11 is 0. The van der Waals surface area contributed by atoms with Gasteiger partial charge in [0.2, 0.25) is 5.82 Å². The quantitative estimate of drug-likeness (QED) is 0.669. The van der Waals surface area contributed by atoms with Crippen molar-refractivity contribution in [3.8, 4) is 17.5 Å². The third-order valence-electron chi connectivity index (χ3n) is 2.29. The van der Waals surface area contributed by atoms with Crippen LogP contribution >= 0.6 is 0 Å². The molecule has 1 N–H and O–H groups in total. The molecule has 3 aromatic heterocycles. The number of H-pyrrole nitrogens is 1. The van der Waals surface area contributed by atoms with Gasteiger partial charge in [-0.3, -0.25) is 4.98 Å². The molecule has 0 bridgehead atoms. The average Bonchev–Trinajstić information content (AvgIpc) is 2.82. The molecule has 3 heterocycles. The first kappa shape index (κ1) is 9.42. The van der Waals surface area contributed by atoms with Crippen LogP contribution < -0.4 is 0 Å². The van der Waals surface area contributed by atoms with Crippen LogP contribution in [0.2, 0.25) is 0 Å². The van der Waals surface area contributed by atoms with Crippen LogP contribution in [0.15, 0.2) is 30.7 Å². The molecule has 0 radical (unpaired) electrons. The molecule has 0 saturated carbocycles. The highest BCUT2D eigenvalue weighted by Crippen LogP contribution is 2.17. The minimum Gasteiger partial charge on any atom is -0.322 e. The van der Waals surface area contributed by atoms with E-state index in [1.807, 2.05) is 18.2 Å². The molecule has 0 atom stereocenters. The molecule has 3 aromatic rings. The lowest BCUT2D eigenvalue weighted by molar-refractivity contribution is 1.14. The van der Waals surface area contributed by atoms with Crippen molar-refractivity contribution in [2.45, 2.75) is 0 Å². The van der Waals surface area contributed by atoms with Crippen LogP contribution in [0.4, 0.5) is 0 Å². The molecule has 17 heavy (non-hydrogen) atoms. The maximum absolute atomic E-state index is 8.70. The summed E-state index contributed by atoms with van der Waals surface area (Å²) in [6.07, 6.45) is 4.91. The minimum atomic E-state index is 0.127. The topological polar surface area (TPSA) is 91.1 Å². The van der Waals surface area contributed by atoms with E-state index in [9.17, 15) is 0 Å². The van der Waals surface area contributed by atoms with Gasteiger partial charge in [-0.1, -0.05) is 0 Å². The molecular formula is C11H6N6. The van der Waals surface area contributed by atoms with Gasteiger partial charge in [0, 0.05) is 18.0 Å². The third-order valence-corrected chi connectivity index (χ3v) is 2.29. The Bertz CT molecular complexity index is 710. The first-order valence-corrected chi connectivity index (χ1v) is 4.90. The highest BCUT2D eigenvalue weighted by molar-refractivity contribution is 5.75. The molecule has 80 valence electrons. The molecule has 0 aromatic carbocycles. The number of aromatic nitrogens is 5. The van der Waals surface area contributed by atoms with Crippen molar-refractivity contribution in [1.82, 2.24) is 24.9 Å². The summed E-state index contributed by atoms with van der Waals surface area (Å²) < 4.78 is 0. The van der Waals surface area contributed by atoms with Crippen LogP contribution in [0.25, 0.3) is 22.6 Å². The second-order valence-electron chi connectivity index (χ2n) is 3.36. The van der Waals surface area contributed by atoms with Crippen LogP contribution in [0, 0.1) is 11.3 Å². The number of nitrogens with one attached hydrogen (secondary N) is 1. The number of nitrogens with zero attached hydrogens (tertiary/aromatic N) is 5. The lowest BCUT2D eigenvalue weighted by atomic mass is 10.3. The molecule has 3 rings (SSSR count). The normalized spacial score (nSPS) is 10.3. The van der Waals surface area contributed by atoms with Gasteiger partial charge in [0.05, 0.1) is 6.20 Å². The van der Waals surface area contributed by atoms with Crippen LogP contribution in [0.1, 0.15) is 5.82 Å². The second-order valence-corrected chi connectivity index (χ2v) is 3.36. The number of aromatic amines is 1. The zero-order valence-electron chi connectivity index (χ0n) is 8.62. The molecule has 0 spiro atoms. The standard InChI is InChI=1S/C11H6N6/c12-5-9-14-6-8-11(16-9)17-10(15-8)7-1-3-13-4-2-7/h1-4,6H,(H,14,15,16,17). The van der Waals surface area contributed by atoms with E-state index in [2.05, 4.69) is 24.9 Å². The fraction of sp³-hybridized carbons (Fsp3) is 0. The van der Waals surface area contributed by atoms with Gasteiger partial charge in [-0.15, -0.1) is 0 Å². The average molecular weight is 222 g/mol. The van der Waals surface area contributed by atoms with Crippen molar-refractivity contribution in [2.75, 3.05) is 0 Å². The molecule has 6 heteroatoms. The summed E-state index contributed by atoms with van der Waals surface area (Å²) in [6.45, 7) is 0. The monoisotopic (exact) mass is 222 g/mol. The third kappa shape index (κ3) is 1.59. The predicted octanol–water partition coefficient (Wildman–Crippen LogP) is 1.29. The molecule has 0 aliphatic rings. The molecule has 6 nitrogen and oxygen atoms in total. The largest absolute Gasteiger partial charge is 0.322 e. The molecule has 0 unspecified atom stereocenters. The first-order chi connectivity index (χ1) is 8.36. The van der Waals surface area contributed by atoms with Crippen molar-refractivity contribution >= 4 is 11.2 Å². The number of hydrogen-bond donors (Lipinski definition) is 1. The lowest BCUT2D eigenvalue weighted by Crippen LogP contribution is -1.87. The summed E-state index contributed by atoms with van der Waals surface area (Å²) in [5.74, 6) is 0.814. The van der Waals surface area contributed by atoms with Crippen LogP contribution in [-0.4, -0.2) is 24.9 Å². The summed E-state index contributed by atoms with van der Waals surface area (Å²) in [5.41, 5.74) is 2.11. The molecule has 0 fully saturated rings. The van der Waals surface area contributed by atoms with Gasteiger partial charge in [-0.05, 0) is 12.1 Å². The highest BCUT2D eigenvalue weighted by atomic mass is 15.0. The minimum absolute atomic E-state index is 0.127. The van der Waals surface area contributed by atoms with Gasteiger partial charge >= 0.3 is 0 Å². The number of fused-ring (bicyclic) bond motifs is 1. The van der Waals surface area contributed by atoms with Gasteiger partial charge in [0.15, 0.2) is 5.65 Å². The second kappa shape index (κ2) is 3.64. The zero-order chi connectivity index (χ0) is 11.7. The molecule has 0 aliphatic heterocycles. The summed E-state index contributed by atoms with van der Waals surface area (Å²) in [7, 11) is 0. The Morgan fingerprint density at radius 3 is 2.76 bits per heavy atom. The smallest absolute Gasteiger partial charge is 0.234 e. The maximum Gasteiger partial charge on any atom is 0.234 e. The Morgan fingerprint density at radius 2 is 2.00 bits per heavy atom. The zero-order valence-corrected chi connectivity index (χ0v) is 8.62. The van der Waals surface area contributed by atoms with Crippen molar-refractivity contribution in [1.29, 1.82) is 5.26 Å². The molecule has 0 aliphatic carbocycles. The fourth-order valence-electron chi connectivity index (χ4n) is 1.51. The summed E-state index contributed by atoms with van der Waals surface area (Å²) in [5, 5.41) is 8.70. The van der Waals surface area contributed by atoms with Gasteiger partial charge in [-0.25, -0.2) is 9.97 Å². The highest BCUT2D eigenvalue weighted by Gasteiger charge is 2.07. The van der Waals surface area contributed by atoms with E-state index in [1.165, 1.54) is 6.20 Å². The lowest BCUT2D eigenvalue weighted by Gasteiger charge is -1.92. The Balaban J connectivity index is 2.18. The Labute approximate surface area is 96.0 Å². The Hall–Kier alpha value is -2.81. The maximum atomic E-state index is 8.70. The fourth-order valence-corrected chi connectivity index (χ4v) is 1.51. The van der Waals surface area contributed by atoms with E-state index in [0.29, 0.717) is 17.0 Å². The Morgan fingerprint density at radius 1 is 1.18 bits per heavy atom. The number of pyridine rings is 1. The van der Waals surface area contributed by atoms with Crippen molar-refractivity contribution in [2.24, 2.45) is 0 Å². The van der Waals surface area contributed by atoms with E-state index in [-0.39, 0.29) is 5.82 Å². The Kier molecular flexibility index (Phi) is 2.02. The van der Waals surface area contributed by atoms with E-state index < -0.39 is 0 Å². The van der Waals surface area contributed by atoms with Gasteiger partial charge in [0.1, 0.15) is 17.4 Å². The summed E-state index contributed by atoms with van der Waals surface area (Å²) in [6, 6.07) is 5.58. The van der Waals surface area contributed by atoms with Crippen molar-refractivity contribution in [3.05, 3.63) is 36.5 Å².